The van der Waals surface area contributed by atoms with Gasteiger partial charge in [0.05, 0.1) is 0 Å². The Balaban J connectivity index is 1.59. The molecule has 1 N–H and O–H groups in total. The third kappa shape index (κ3) is 1.94. The minimum Gasteiger partial charge on any atom is -0.316 e. The van der Waals surface area contributed by atoms with E-state index in [-0.39, 0.29) is 0 Å². The first-order chi connectivity index (χ1) is 7.33. The van der Waals surface area contributed by atoms with E-state index in [1.54, 1.807) is 0 Å². The van der Waals surface area contributed by atoms with Crippen molar-refractivity contribution in [2.24, 2.45) is 17.8 Å². The van der Waals surface area contributed by atoms with E-state index in [0.29, 0.717) is 0 Å². The molecule has 2 heteroatoms. The van der Waals surface area contributed by atoms with Crippen LogP contribution in [0.25, 0.3) is 0 Å². The maximum Gasteiger partial charge on any atom is 0.0102 e. The summed E-state index contributed by atoms with van der Waals surface area (Å²) in [5, 5.41) is 3.54. The normalized spacial score (nSPS) is 47.0. The summed E-state index contributed by atoms with van der Waals surface area (Å²) >= 11 is 0. The van der Waals surface area contributed by atoms with Crippen LogP contribution in [0.1, 0.15) is 32.6 Å². The highest BCUT2D eigenvalue weighted by Gasteiger charge is 2.40. The maximum atomic E-state index is 3.54. The molecule has 0 aromatic heterocycles. The van der Waals surface area contributed by atoms with E-state index >= 15 is 0 Å². The van der Waals surface area contributed by atoms with E-state index in [2.05, 4.69) is 17.1 Å². The summed E-state index contributed by atoms with van der Waals surface area (Å²) < 4.78 is 0. The third-order valence-electron chi connectivity index (χ3n) is 4.83. The predicted molar refractivity (Wildman–Crippen MR) is 62.8 cm³/mol. The van der Waals surface area contributed by atoms with E-state index in [1.807, 2.05) is 0 Å². The average molecular weight is 208 g/mol. The van der Waals surface area contributed by atoms with E-state index in [4.69, 9.17) is 0 Å². The Kier molecular flexibility index (Phi) is 2.73. The van der Waals surface area contributed by atoms with Gasteiger partial charge in [-0.05, 0) is 63.1 Å². The number of nitrogens with one attached hydrogen (secondary N) is 1. The summed E-state index contributed by atoms with van der Waals surface area (Å²) in [4.78, 5) is 2.80. The fourth-order valence-electron chi connectivity index (χ4n) is 3.99. The van der Waals surface area contributed by atoms with Gasteiger partial charge < -0.3 is 10.2 Å². The molecule has 0 aromatic rings. The lowest BCUT2D eigenvalue weighted by Crippen LogP contribution is -2.41. The van der Waals surface area contributed by atoms with Crippen LogP contribution >= 0.6 is 0 Å². The second kappa shape index (κ2) is 4.06. The third-order valence-corrected chi connectivity index (χ3v) is 4.83. The number of rotatable bonds is 1. The first-order valence-electron chi connectivity index (χ1n) is 6.77. The molecule has 3 aliphatic rings. The van der Waals surface area contributed by atoms with Gasteiger partial charge in [-0.15, -0.1) is 0 Å². The largest absolute Gasteiger partial charge is 0.316 e. The zero-order valence-electron chi connectivity index (χ0n) is 9.91. The number of fused-ring (bicyclic) bond motifs is 1. The zero-order chi connectivity index (χ0) is 10.3. The van der Waals surface area contributed by atoms with Crippen LogP contribution in [-0.2, 0) is 0 Å². The van der Waals surface area contributed by atoms with Gasteiger partial charge in [0.25, 0.3) is 0 Å². The summed E-state index contributed by atoms with van der Waals surface area (Å²) in [6.07, 6.45) is 5.84. The quantitative estimate of drug-likeness (QED) is 0.706. The molecule has 1 aliphatic carbocycles. The Hall–Kier alpha value is -0.0800. The van der Waals surface area contributed by atoms with Crippen LogP contribution in [0.15, 0.2) is 0 Å². The Bertz CT molecular complexity index is 217. The fourth-order valence-corrected chi connectivity index (χ4v) is 3.99. The molecule has 3 unspecified atom stereocenters. The summed E-state index contributed by atoms with van der Waals surface area (Å²) in [5.74, 6) is 2.96. The molecular formula is C13H24N2. The molecule has 1 saturated carbocycles. The van der Waals surface area contributed by atoms with Crippen molar-refractivity contribution in [3.63, 3.8) is 0 Å². The molecule has 3 atom stereocenters. The topological polar surface area (TPSA) is 15.3 Å². The fraction of sp³-hybridized carbons (Fsp3) is 1.00. The van der Waals surface area contributed by atoms with Gasteiger partial charge >= 0.3 is 0 Å². The van der Waals surface area contributed by atoms with Crippen molar-refractivity contribution in [1.82, 2.24) is 10.2 Å². The zero-order valence-corrected chi connectivity index (χ0v) is 9.91. The first kappa shape index (κ1) is 10.1. The molecule has 0 aromatic carbocycles. The highest BCUT2D eigenvalue weighted by Crippen LogP contribution is 2.38. The number of hydrogen-bond acceptors (Lipinski definition) is 2. The number of piperidine rings is 1. The van der Waals surface area contributed by atoms with Crippen molar-refractivity contribution in [2.45, 2.75) is 38.6 Å². The molecule has 3 rings (SSSR count). The molecule has 0 spiro atoms. The lowest BCUT2D eigenvalue weighted by atomic mass is 9.98. The van der Waals surface area contributed by atoms with Crippen LogP contribution in [0.3, 0.4) is 0 Å². The average Bonchev–Trinajstić information content (AvgIpc) is 2.76. The van der Waals surface area contributed by atoms with Gasteiger partial charge in [-0.25, -0.2) is 0 Å². The van der Waals surface area contributed by atoms with Crippen molar-refractivity contribution >= 4 is 0 Å². The summed E-state index contributed by atoms with van der Waals surface area (Å²) in [6, 6.07) is 0.935. The maximum absolute atomic E-state index is 3.54. The number of likely N-dealkylation sites (tertiary alicyclic amines) is 1. The minimum absolute atomic E-state index is 0.935. The molecule has 2 heterocycles. The molecule has 2 saturated heterocycles. The van der Waals surface area contributed by atoms with Crippen LogP contribution in [0, 0.1) is 17.8 Å². The van der Waals surface area contributed by atoms with E-state index in [9.17, 15) is 0 Å². The highest BCUT2D eigenvalue weighted by atomic mass is 15.2. The van der Waals surface area contributed by atoms with Gasteiger partial charge in [-0.1, -0.05) is 6.92 Å². The molecule has 0 bridgehead atoms. The second-order valence-corrected chi connectivity index (χ2v) is 6.05. The Labute approximate surface area is 93.4 Å². The molecule has 0 radical (unpaired) electrons. The van der Waals surface area contributed by atoms with Gasteiger partial charge in [0, 0.05) is 12.6 Å². The lowest BCUT2D eigenvalue weighted by Gasteiger charge is -2.36. The van der Waals surface area contributed by atoms with Crippen LogP contribution < -0.4 is 5.32 Å². The van der Waals surface area contributed by atoms with Gasteiger partial charge in [0.2, 0.25) is 0 Å². The van der Waals surface area contributed by atoms with Crippen LogP contribution in [0.4, 0.5) is 0 Å². The summed E-state index contributed by atoms with van der Waals surface area (Å²) in [7, 11) is 0. The Morgan fingerprint density at radius 3 is 2.53 bits per heavy atom. The van der Waals surface area contributed by atoms with Gasteiger partial charge in [-0.2, -0.15) is 0 Å². The minimum atomic E-state index is 0.935. The van der Waals surface area contributed by atoms with Crippen LogP contribution in [-0.4, -0.2) is 37.1 Å². The van der Waals surface area contributed by atoms with Crippen LogP contribution in [0.2, 0.25) is 0 Å². The molecule has 15 heavy (non-hydrogen) atoms. The van der Waals surface area contributed by atoms with Gasteiger partial charge in [0.1, 0.15) is 0 Å². The summed E-state index contributed by atoms with van der Waals surface area (Å²) in [6.45, 7) is 7.76. The lowest BCUT2D eigenvalue weighted by molar-refractivity contribution is 0.127. The van der Waals surface area contributed by atoms with Crippen molar-refractivity contribution < 1.29 is 0 Å². The van der Waals surface area contributed by atoms with E-state index < -0.39 is 0 Å². The molecule has 86 valence electrons. The monoisotopic (exact) mass is 208 g/mol. The molecule has 3 fully saturated rings. The van der Waals surface area contributed by atoms with Gasteiger partial charge in [0.15, 0.2) is 0 Å². The molecule has 2 nitrogen and oxygen atoms in total. The smallest absolute Gasteiger partial charge is 0.0102 e. The van der Waals surface area contributed by atoms with E-state index in [0.717, 1.165) is 23.8 Å². The van der Waals surface area contributed by atoms with Crippen molar-refractivity contribution in [2.75, 3.05) is 26.2 Å². The molecule has 0 amide bonds. The van der Waals surface area contributed by atoms with Crippen molar-refractivity contribution in [3.05, 3.63) is 0 Å². The second-order valence-electron chi connectivity index (χ2n) is 6.05. The SMILES string of the molecule is CC1CCCN(C2CC3CNCC3C2)C1. The molecule has 2 aliphatic heterocycles. The Morgan fingerprint density at radius 2 is 1.87 bits per heavy atom. The standard InChI is InChI=1S/C13H24N2/c1-10-3-2-4-15(9-10)13-5-11-7-14-8-12(11)6-13/h10-14H,2-9H2,1H3. The van der Waals surface area contributed by atoms with Crippen molar-refractivity contribution in [3.8, 4) is 0 Å². The van der Waals surface area contributed by atoms with Crippen molar-refractivity contribution in [1.29, 1.82) is 0 Å². The number of nitrogens with zero attached hydrogens (tertiary/aromatic N) is 1. The van der Waals surface area contributed by atoms with Gasteiger partial charge in [-0.3, -0.25) is 0 Å². The Morgan fingerprint density at radius 1 is 1.13 bits per heavy atom. The number of hydrogen-bond donors (Lipinski definition) is 1. The van der Waals surface area contributed by atoms with Crippen LogP contribution in [0.5, 0.6) is 0 Å². The predicted octanol–water partition coefficient (Wildman–Crippen LogP) is 1.72. The highest BCUT2D eigenvalue weighted by molar-refractivity contribution is 4.95. The summed E-state index contributed by atoms with van der Waals surface area (Å²) in [5.41, 5.74) is 0. The first-order valence-corrected chi connectivity index (χ1v) is 6.77. The molecular weight excluding hydrogens is 184 g/mol. The van der Waals surface area contributed by atoms with E-state index in [1.165, 1.54) is 51.9 Å².